The van der Waals surface area contributed by atoms with E-state index in [1.54, 1.807) is 5.32 Å². The van der Waals surface area contributed by atoms with Gasteiger partial charge in [-0.2, -0.15) is 0 Å². The minimum atomic E-state index is -1.60. The fourth-order valence-electron chi connectivity index (χ4n) is 2.00. The number of hydrogen-bond donors (Lipinski definition) is 2. The van der Waals surface area contributed by atoms with Crippen molar-refractivity contribution in [3.8, 4) is 0 Å². The van der Waals surface area contributed by atoms with Gasteiger partial charge < -0.3 is 10.6 Å². The van der Waals surface area contributed by atoms with E-state index in [0.29, 0.717) is 0 Å². The SMILES string of the molecule is C[C@H]([NH2+]CC(=O)Nc1ccc(F)c(F)c1F)c1ccccc1. The number of nitrogens with one attached hydrogen (secondary N) is 1. The lowest BCUT2D eigenvalue weighted by molar-refractivity contribution is -0.682. The second kappa shape index (κ2) is 7.09. The summed E-state index contributed by atoms with van der Waals surface area (Å²) in [5, 5.41) is 4.00. The molecule has 0 unspecified atom stereocenters. The molecular weight excluding hydrogens is 293 g/mol. The highest BCUT2D eigenvalue weighted by Gasteiger charge is 2.16. The molecule has 0 saturated heterocycles. The fourth-order valence-corrected chi connectivity index (χ4v) is 2.00. The lowest BCUT2D eigenvalue weighted by Crippen LogP contribution is -2.86. The molecule has 3 nitrogen and oxygen atoms in total. The Morgan fingerprint density at radius 2 is 1.77 bits per heavy atom. The molecule has 0 aliphatic rings. The number of benzene rings is 2. The summed E-state index contributed by atoms with van der Waals surface area (Å²) in [7, 11) is 0. The van der Waals surface area contributed by atoms with Crippen LogP contribution in [0.2, 0.25) is 0 Å². The second-order valence-corrected chi connectivity index (χ2v) is 4.91. The monoisotopic (exact) mass is 309 g/mol. The van der Waals surface area contributed by atoms with E-state index in [0.717, 1.165) is 17.7 Å². The van der Waals surface area contributed by atoms with Gasteiger partial charge in [0.05, 0.1) is 5.69 Å². The van der Waals surface area contributed by atoms with E-state index in [9.17, 15) is 18.0 Å². The Labute approximate surface area is 126 Å². The van der Waals surface area contributed by atoms with Gasteiger partial charge in [0.15, 0.2) is 24.0 Å². The second-order valence-electron chi connectivity index (χ2n) is 4.91. The van der Waals surface area contributed by atoms with Crippen LogP contribution in [-0.2, 0) is 4.79 Å². The Kier molecular flexibility index (Phi) is 5.16. The third kappa shape index (κ3) is 3.85. The van der Waals surface area contributed by atoms with E-state index in [1.807, 2.05) is 37.3 Å². The summed E-state index contributed by atoms with van der Waals surface area (Å²) >= 11 is 0. The highest BCUT2D eigenvalue weighted by molar-refractivity contribution is 5.91. The Bertz CT molecular complexity index is 662. The van der Waals surface area contributed by atoms with Gasteiger partial charge in [0.2, 0.25) is 0 Å². The Balaban J connectivity index is 1.92. The molecule has 116 valence electrons. The first-order chi connectivity index (χ1) is 10.5. The first-order valence-corrected chi connectivity index (χ1v) is 6.80. The summed E-state index contributed by atoms with van der Waals surface area (Å²) in [5.41, 5.74) is 0.680. The molecule has 0 radical (unpaired) electrons. The van der Waals surface area contributed by atoms with Gasteiger partial charge in [-0.3, -0.25) is 4.79 Å². The van der Waals surface area contributed by atoms with Crippen LogP contribution in [0.25, 0.3) is 0 Å². The Morgan fingerprint density at radius 1 is 1.09 bits per heavy atom. The van der Waals surface area contributed by atoms with Crippen LogP contribution in [0.15, 0.2) is 42.5 Å². The molecule has 3 N–H and O–H groups in total. The van der Waals surface area contributed by atoms with Gasteiger partial charge in [0.25, 0.3) is 5.91 Å². The minimum absolute atomic E-state index is 0.0362. The van der Waals surface area contributed by atoms with Gasteiger partial charge in [-0.15, -0.1) is 0 Å². The van der Waals surface area contributed by atoms with Crippen LogP contribution >= 0.6 is 0 Å². The van der Waals surface area contributed by atoms with Crippen LogP contribution in [0.5, 0.6) is 0 Å². The lowest BCUT2D eigenvalue weighted by atomic mass is 10.1. The summed E-state index contributed by atoms with van der Waals surface area (Å²) < 4.78 is 39.3. The van der Waals surface area contributed by atoms with Crippen LogP contribution in [0.3, 0.4) is 0 Å². The molecule has 0 aliphatic heterocycles. The third-order valence-electron chi connectivity index (χ3n) is 3.29. The maximum Gasteiger partial charge on any atom is 0.279 e. The van der Waals surface area contributed by atoms with Crippen molar-refractivity contribution in [2.45, 2.75) is 13.0 Å². The van der Waals surface area contributed by atoms with E-state index >= 15 is 0 Å². The van der Waals surface area contributed by atoms with Crippen molar-refractivity contribution in [3.63, 3.8) is 0 Å². The van der Waals surface area contributed by atoms with Crippen LogP contribution in [0, 0.1) is 17.5 Å². The van der Waals surface area contributed by atoms with Crippen molar-refractivity contribution in [2.24, 2.45) is 0 Å². The van der Waals surface area contributed by atoms with Crippen molar-refractivity contribution < 1.29 is 23.3 Å². The summed E-state index contributed by atoms with van der Waals surface area (Å²) in [5.74, 6) is -4.78. The predicted octanol–water partition coefficient (Wildman–Crippen LogP) is 2.37. The molecule has 2 aromatic rings. The molecule has 1 amide bonds. The number of amides is 1. The van der Waals surface area contributed by atoms with Gasteiger partial charge in [0.1, 0.15) is 6.04 Å². The molecular formula is C16H16F3N2O+. The van der Waals surface area contributed by atoms with Crippen molar-refractivity contribution >= 4 is 11.6 Å². The molecule has 0 fully saturated rings. The normalized spacial score (nSPS) is 12.0. The van der Waals surface area contributed by atoms with Crippen LogP contribution in [-0.4, -0.2) is 12.5 Å². The number of hydrogen-bond acceptors (Lipinski definition) is 1. The van der Waals surface area contributed by atoms with E-state index in [2.05, 4.69) is 5.32 Å². The maximum absolute atomic E-state index is 13.4. The highest BCUT2D eigenvalue weighted by Crippen LogP contribution is 2.19. The van der Waals surface area contributed by atoms with Crippen molar-refractivity contribution in [2.75, 3.05) is 11.9 Å². The molecule has 0 bridgehead atoms. The zero-order chi connectivity index (χ0) is 16.1. The predicted molar refractivity (Wildman–Crippen MR) is 76.6 cm³/mol. The number of carbonyl (C=O) groups is 1. The molecule has 1 atom stereocenters. The summed E-state index contributed by atoms with van der Waals surface area (Å²) in [6.45, 7) is 1.97. The standard InChI is InChI=1S/C16H15F3N2O/c1-10(11-5-3-2-4-6-11)20-9-14(22)21-13-8-7-12(17)15(18)16(13)19/h2-8,10,20H,9H2,1H3,(H,21,22)/p+1/t10-/m0/s1. The molecule has 0 aliphatic carbocycles. The molecule has 2 rings (SSSR count). The maximum atomic E-state index is 13.4. The van der Waals surface area contributed by atoms with E-state index in [4.69, 9.17) is 0 Å². The molecule has 0 saturated carbocycles. The van der Waals surface area contributed by atoms with Crippen LogP contribution < -0.4 is 10.6 Å². The molecule has 0 heterocycles. The molecule has 6 heteroatoms. The van der Waals surface area contributed by atoms with Gasteiger partial charge in [0, 0.05) is 5.56 Å². The van der Waals surface area contributed by atoms with Gasteiger partial charge in [-0.05, 0) is 19.1 Å². The Hall–Kier alpha value is -2.34. The smallest absolute Gasteiger partial charge is 0.279 e. The number of carbonyl (C=O) groups excluding carboxylic acids is 1. The average Bonchev–Trinajstić information content (AvgIpc) is 2.54. The largest absolute Gasteiger partial charge is 0.333 e. The molecule has 22 heavy (non-hydrogen) atoms. The van der Waals surface area contributed by atoms with Crippen molar-refractivity contribution in [3.05, 3.63) is 65.5 Å². The zero-order valence-corrected chi connectivity index (χ0v) is 11.9. The average molecular weight is 309 g/mol. The first kappa shape index (κ1) is 16.0. The lowest BCUT2D eigenvalue weighted by Gasteiger charge is -2.11. The van der Waals surface area contributed by atoms with Crippen molar-refractivity contribution in [1.82, 2.24) is 0 Å². The van der Waals surface area contributed by atoms with E-state index in [-0.39, 0.29) is 18.3 Å². The number of anilines is 1. The summed E-state index contributed by atoms with van der Waals surface area (Å²) in [6, 6.07) is 11.4. The minimum Gasteiger partial charge on any atom is -0.333 e. The van der Waals surface area contributed by atoms with Crippen LogP contribution in [0.4, 0.5) is 18.9 Å². The third-order valence-corrected chi connectivity index (χ3v) is 3.29. The number of halogens is 3. The zero-order valence-electron chi connectivity index (χ0n) is 11.9. The first-order valence-electron chi connectivity index (χ1n) is 6.80. The van der Waals surface area contributed by atoms with E-state index < -0.39 is 23.4 Å². The number of nitrogens with two attached hydrogens (primary N) is 1. The number of rotatable bonds is 5. The summed E-state index contributed by atoms with van der Waals surface area (Å²) in [6.07, 6.45) is 0. The number of quaternary nitrogens is 1. The van der Waals surface area contributed by atoms with Gasteiger partial charge in [-0.25, -0.2) is 13.2 Å². The van der Waals surface area contributed by atoms with E-state index in [1.165, 1.54) is 0 Å². The van der Waals surface area contributed by atoms with Gasteiger partial charge in [-0.1, -0.05) is 30.3 Å². The topological polar surface area (TPSA) is 45.7 Å². The molecule has 2 aromatic carbocycles. The van der Waals surface area contributed by atoms with Crippen molar-refractivity contribution in [1.29, 1.82) is 0 Å². The Morgan fingerprint density at radius 3 is 2.45 bits per heavy atom. The fraction of sp³-hybridized carbons (Fsp3) is 0.188. The summed E-state index contributed by atoms with van der Waals surface area (Å²) in [4.78, 5) is 11.8. The molecule has 0 spiro atoms. The highest BCUT2D eigenvalue weighted by atomic mass is 19.2. The van der Waals surface area contributed by atoms with Gasteiger partial charge >= 0.3 is 0 Å². The molecule has 0 aromatic heterocycles. The van der Waals surface area contributed by atoms with Crippen LogP contribution in [0.1, 0.15) is 18.5 Å². The quantitative estimate of drug-likeness (QED) is 0.818.